The molecule has 31 heavy (non-hydrogen) atoms. The van der Waals surface area contributed by atoms with E-state index in [0.29, 0.717) is 36.0 Å². The van der Waals surface area contributed by atoms with Crippen molar-refractivity contribution < 1.29 is 14.9 Å². The zero-order valence-corrected chi connectivity index (χ0v) is 20.4. The van der Waals surface area contributed by atoms with Gasteiger partial charge in [0.1, 0.15) is 11.2 Å². The third kappa shape index (κ3) is 2.82. The van der Waals surface area contributed by atoms with E-state index in [-0.39, 0.29) is 16.9 Å². The Morgan fingerprint density at radius 3 is 2.48 bits per heavy atom. The Bertz CT molecular complexity index is 826. The number of hydrogen-bond donors (Lipinski definition) is 1. The summed E-state index contributed by atoms with van der Waals surface area (Å²) in [5.74, 6) is 2.98. The third-order valence-electron chi connectivity index (χ3n) is 10.5. The molecule has 3 nitrogen and oxygen atoms in total. The lowest BCUT2D eigenvalue weighted by molar-refractivity contribution is -0.455. The number of aliphatic hydroxyl groups is 1. The average Bonchev–Trinajstić information content (AvgIpc) is 3.09. The first-order valence-corrected chi connectivity index (χ1v) is 12.7. The van der Waals surface area contributed by atoms with Crippen LogP contribution in [0, 0.1) is 40.4 Å². The summed E-state index contributed by atoms with van der Waals surface area (Å²) in [6.07, 6.45) is 17.8. The van der Waals surface area contributed by atoms with Crippen LogP contribution in [-0.2, 0) is 9.78 Å². The monoisotopic (exact) mass is 426 g/mol. The van der Waals surface area contributed by atoms with Gasteiger partial charge in [0.25, 0.3) is 0 Å². The van der Waals surface area contributed by atoms with Crippen molar-refractivity contribution in [2.24, 2.45) is 40.4 Å². The van der Waals surface area contributed by atoms with Crippen LogP contribution in [0.2, 0.25) is 0 Å². The standard InChI is InChI=1S/C28H42O3/c1-18(2)19(3)7-8-20(4)22-9-10-23-25(22,5)13-12-24-26(6)14-11-21(29)17-27(26)15-16-28(23,24)31-30-27/h7-8,12,15-16,18-23,29H,9-11,13-14,17H2,1-6H3/b8-7+/t19-,20-,21?,22?,23?,25-,26-,27-,28+/m1/s1. The van der Waals surface area contributed by atoms with Crippen LogP contribution in [0.25, 0.3) is 0 Å². The van der Waals surface area contributed by atoms with E-state index in [9.17, 15) is 5.11 Å². The van der Waals surface area contributed by atoms with Gasteiger partial charge in [-0.2, -0.15) is 0 Å². The Morgan fingerprint density at radius 1 is 1.03 bits per heavy atom. The lowest BCUT2D eigenvalue weighted by Crippen LogP contribution is -2.69. The smallest absolute Gasteiger partial charge is 0.147 e. The van der Waals surface area contributed by atoms with Gasteiger partial charge >= 0.3 is 0 Å². The van der Waals surface area contributed by atoms with E-state index in [1.807, 2.05) is 0 Å². The molecule has 0 aromatic carbocycles. The Labute approximate surface area is 188 Å². The summed E-state index contributed by atoms with van der Waals surface area (Å²) in [5, 5.41) is 10.4. The molecular formula is C28H42O3. The van der Waals surface area contributed by atoms with Crippen LogP contribution in [0.5, 0.6) is 0 Å². The van der Waals surface area contributed by atoms with Crippen molar-refractivity contribution in [3.63, 3.8) is 0 Å². The third-order valence-corrected chi connectivity index (χ3v) is 10.5. The Morgan fingerprint density at radius 2 is 1.81 bits per heavy atom. The van der Waals surface area contributed by atoms with Gasteiger partial charge in [0.15, 0.2) is 0 Å². The molecule has 2 aliphatic heterocycles. The van der Waals surface area contributed by atoms with E-state index in [0.717, 1.165) is 19.3 Å². The molecule has 2 spiro atoms. The zero-order chi connectivity index (χ0) is 22.2. The second-order valence-electron chi connectivity index (χ2n) is 12.3. The molecule has 6 aliphatic rings. The highest BCUT2D eigenvalue weighted by Crippen LogP contribution is 2.71. The molecule has 9 atom stereocenters. The minimum absolute atomic E-state index is 0.0726. The second-order valence-corrected chi connectivity index (χ2v) is 12.3. The molecule has 172 valence electrons. The van der Waals surface area contributed by atoms with Crippen molar-refractivity contribution in [3.05, 3.63) is 36.0 Å². The van der Waals surface area contributed by atoms with Crippen molar-refractivity contribution in [2.75, 3.05) is 0 Å². The molecule has 6 rings (SSSR count). The molecule has 0 amide bonds. The number of fused-ring (bicyclic) bond motifs is 2. The van der Waals surface area contributed by atoms with Crippen LogP contribution in [0.15, 0.2) is 36.0 Å². The van der Waals surface area contributed by atoms with Crippen molar-refractivity contribution >= 4 is 0 Å². The van der Waals surface area contributed by atoms with E-state index >= 15 is 0 Å². The minimum Gasteiger partial charge on any atom is -0.393 e. The van der Waals surface area contributed by atoms with Crippen LogP contribution in [0.3, 0.4) is 0 Å². The summed E-state index contributed by atoms with van der Waals surface area (Å²) in [5.41, 5.74) is 0.656. The van der Waals surface area contributed by atoms with Gasteiger partial charge in [-0.1, -0.05) is 59.8 Å². The van der Waals surface area contributed by atoms with Crippen molar-refractivity contribution in [1.82, 2.24) is 0 Å². The highest BCUT2D eigenvalue weighted by Gasteiger charge is 2.71. The van der Waals surface area contributed by atoms with Gasteiger partial charge in [-0.3, -0.25) is 0 Å². The van der Waals surface area contributed by atoms with Gasteiger partial charge < -0.3 is 5.11 Å². The van der Waals surface area contributed by atoms with Gasteiger partial charge in [0.05, 0.1) is 6.10 Å². The average molecular weight is 427 g/mol. The molecule has 0 aromatic rings. The Kier molecular flexibility index (Phi) is 4.98. The van der Waals surface area contributed by atoms with Gasteiger partial charge in [0.2, 0.25) is 0 Å². The molecule has 1 N–H and O–H groups in total. The highest BCUT2D eigenvalue weighted by molar-refractivity contribution is 5.48. The molecule has 0 radical (unpaired) electrons. The van der Waals surface area contributed by atoms with E-state index < -0.39 is 11.2 Å². The fourth-order valence-corrected chi connectivity index (χ4v) is 8.01. The Balaban J connectivity index is 1.48. The molecule has 2 heterocycles. The molecule has 2 bridgehead atoms. The first-order chi connectivity index (χ1) is 14.6. The van der Waals surface area contributed by atoms with Gasteiger partial charge in [-0.05, 0) is 78.9 Å². The summed E-state index contributed by atoms with van der Waals surface area (Å²) in [6, 6.07) is 0. The van der Waals surface area contributed by atoms with Crippen LogP contribution in [0.4, 0.5) is 0 Å². The van der Waals surface area contributed by atoms with Crippen LogP contribution in [-0.4, -0.2) is 22.4 Å². The number of rotatable bonds is 4. The predicted molar refractivity (Wildman–Crippen MR) is 124 cm³/mol. The molecule has 3 unspecified atom stereocenters. The number of allylic oxidation sites excluding steroid dienone is 3. The van der Waals surface area contributed by atoms with Crippen LogP contribution >= 0.6 is 0 Å². The number of aliphatic hydroxyl groups excluding tert-OH is 1. The normalized spacial score (nSPS) is 50.2. The molecular weight excluding hydrogens is 384 g/mol. The first kappa shape index (κ1) is 21.9. The van der Waals surface area contributed by atoms with Gasteiger partial charge in [0, 0.05) is 17.8 Å². The number of hydrogen-bond acceptors (Lipinski definition) is 3. The van der Waals surface area contributed by atoms with E-state index in [4.69, 9.17) is 9.78 Å². The summed E-state index contributed by atoms with van der Waals surface area (Å²) in [7, 11) is 0. The first-order valence-electron chi connectivity index (χ1n) is 12.7. The maximum atomic E-state index is 10.4. The largest absolute Gasteiger partial charge is 0.393 e. The Hall–Kier alpha value is -0.900. The van der Waals surface area contributed by atoms with Crippen molar-refractivity contribution in [2.45, 2.75) is 97.4 Å². The summed E-state index contributed by atoms with van der Waals surface area (Å²) >= 11 is 0. The quantitative estimate of drug-likeness (QED) is 0.418. The zero-order valence-electron chi connectivity index (χ0n) is 20.4. The fourth-order valence-electron chi connectivity index (χ4n) is 8.01. The SMILES string of the molecule is CC(C)[C@H](C)/C=C/[C@@H](C)C1CCC2[C@]1(C)CC=C1[C@]23C=C[C@]2(CC(O)CC[C@]12C)OO3. The van der Waals surface area contributed by atoms with Crippen molar-refractivity contribution in [1.29, 1.82) is 0 Å². The van der Waals surface area contributed by atoms with E-state index in [2.05, 4.69) is 71.9 Å². The molecule has 0 aromatic heterocycles. The maximum absolute atomic E-state index is 10.4. The van der Waals surface area contributed by atoms with Crippen molar-refractivity contribution in [3.8, 4) is 0 Å². The maximum Gasteiger partial charge on any atom is 0.147 e. The van der Waals surface area contributed by atoms with Crippen LogP contribution < -0.4 is 0 Å². The van der Waals surface area contributed by atoms with Crippen LogP contribution in [0.1, 0.15) is 80.1 Å². The van der Waals surface area contributed by atoms with E-state index in [1.54, 1.807) is 0 Å². The predicted octanol–water partition coefficient (Wildman–Crippen LogP) is 6.39. The second kappa shape index (κ2) is 7.05. The minimum atomic E-state index is -0.507. The molecule has 3 fully saturated rings. The topological polar surface area (TPSA) is 38.7 Å². The summed E-state index contributed by atoms with van der Waals surface area (Å²) in [6.45, 7) is 14.2. The molecule has 2 saturated carbocycles. The fraction of sp³-hybridized carbons (Fsp3) is 0.786. The highest BCUT2D eigenvalue weighted by atomic mass is 17.2. The molecule has 4 aliphatic carbocycles. The lowest BCUT2D eigenvalue weighted by atomic mass is 9.47. The van der Waals surface area contributed by atoms with Gasteiger partial charge in [-0.25, -0.2) is 9.78 Å². The summed E-state index contributed by atoms with van der Waals surface area (Å²) < 4.78 is 0. The molecule has 1 saturated heterocycles. The van der Waals surface area contributed by atoms with E-state index in [1.165, 1.54) is 18.4 Å². The summed E-state index contributed by atoms with van der Waals surface area (Å²) in [4.78, 5) is 12.6. The molecule has 3 heteroatoms. The van der Waals surface area contributed by atoms with Gasteiger partial charge in [-0.15, -0.1) is 0 Å². The lowest BCUT2D eigenvalue weighted by Gasteiger charge is -2.66.